The van der Waals surface area contributed by atoms with E-state index in [1.165, 1.54) is 0 Å². The molecule has 266 valence electrons. The highest BCUT2D eigenvalue weighted by atomic mass is 16.3. The summed E-state index contributed by atoms with van der Waals surface area (Å²) in [4.78, 5) is 15.7. The number of para-hydroxylation sites is 4. The van der Waals surface area contributed by atoms with Crippen LogP contribution in [-0.4, -0.2) is 24.1 Å². The molecular formula is C51H31N5O. The fourth-order valence-electron chi connectivity index (χ4n) is 8.64. The predicted molar refractivity (Wildman–Crippen MR) is 232 cm³/mol. The first-order chi connectivity index (χ1) is 28.3. The number of aromatic nitrogens is 5. The van der Waals surface area contributed by atoms with Crippen molar-refractivity contribution in [2.45, 2.75) is 0 Å². The maximum atomic E-state index is 6.62. The van der Waals surface area contributed by atoms with Crippen LogP contribution in [0.25, 0.3) is 111 Å². The normalized spacial score (nSPS) is 11.9. The van der Waals surface area contributed by atoms with Gasteiger partial charge in [-0.1, -0.05) is 158 Å². The third-order valence-electron chi connectivity index (χ3n) is 11.2. The van der Waals surface area contributed by atoms with Crippen LogP contribution in [0.5, 0.6) is 0 Å². The van der Waals surface area contributed by atoms with Crippen molar-refractivity contribution in [2.24, 2.45) is 0 Å². The standard InChI is InChI=1S/C51H31N5O/c1-3-14-32(15-4-1)33-26-28-35(29-27-33)50-52-49(34-16-5-2-6-17-34)53-51(54-50)56-41-22-10-7-18-36(41)38-30-31-43-46(47(38)56)40-20-8-11-23-42(40)55(43)44-24-13-21-39-37-19-9-12-25-45(37)57-48(39)44/h1-31H. The Balaban J connectivity index is 1.17. The van der Waals surface area contributed by atoms with Crippen LogP contribution in [-0.2, 0) is 0 Å². The number of fused-ring (bicyclic) bond motifs is 10. The Bertz CT molecular complexity index is 3510. The molecule has 0 atom stereocenters. The van der Waals surface area contributed by atoms with Crippen molar-refractivity contribution < 1.29 is 4.42 Å². The van der Waals surface area contributed by atoms with Crippen molar-refractivity contribution >= 4 is 65.6 Å². The average molecular weight is 730 g/mol. The quantitative estimate of drug-likeness (QED) is 0.177. The Morgan fingerprint density at radius 1 is 0.351 bits per heavy atom. The van der Waals surface area contributed by atoms with E-state index in [-0.39, 0.29) is 0 Å². The summed E-state index contributed by atoms with van der Waals surface area (Å²) in [5.41, 5.74) is 11.1. The second-order valence-electron chi connectivity index (χ2n) is 14.4. The van der Waals surface area contributed by atoms with E-state index in [4.69, 9.17) is 19.4 Å². The minimum atomic E-state index is 0.556. The monoisotopic (exact) mass is 729 g/mol. The van der Waals surface area contributed by atoms with Crippen molar-refractivity contribution in [2.75, 3.05) is 0 Å². The van der Waals surface area contributed by atoms with E-state index in [1.54, 1.807) is 0 Å². The third kappa shape index (κ3) is 4.81. The van der Waals surface area contributed by atoms with Crippen LogP contribution < -0.4 is 0 Å². The Hall–Kier alpha value is -7.83. The van der Waals surface area contributed by atoms with Gasteiger partial charge in [0.05, 0.1) is 27.8 Å². The van der Waals surface area contributed by atoms with Gasteiger partial charge in [-0.25, -0.2) is 4.98 Å². The smallest absolute Gasteiger partial charge is 0.238 e. The fraction of sp³-hybridized carbons (Fsp3) is 0. The molecule has 4 aromatic heterocycles. The van der Waals surface area contributed by atoms with E-state index in [0.29, 0.717) is 17.6 Å². The van der Waals surface area contributed by atoms with Crippen LogP contribution in [0.4, 0.5) is 0 Å². The minimum absolute atomic E-state index is 0.556. The number of hydrogen-bond acceptors (Lipinski definition) is 4. The van der Waals surface area contributed by atoms with Gasteiger partial charge in [0, 0.05) is 43.4 Å². The Morgan fingerprint density at radius 2 is 0.912 bits per heavy atom. The fourth-order valence-corrected chi connectivity index (χ4v) is 8.64. The molecule has 12 rings (SSSR count). The second kappa shape index (κ2) is 12.3. The molecular weight excluding hydrogens is 699 g/mol. The molecule has 8 aromatic carbocycles. The molecule has 57 heavy (non-hydrogen) atoms. The highest BCUT2D eigenvalue weighted by Crippen LogP contribution is 2.43. The van der Waals surface area contributed by atoms with Gasteiger partial charge < -0.3 is 8.98 Å². The van der Waals surface area contributed by atoms with Crippen LogP contribution in [0.1, 0.15) is 0 Å². The molecule has 0 aliphatic heterocycles. The molecule has 0 saturated carbocycles. The first-order valence-corrected chi connectivity index (χ1v) is 19.1. The van der Waals surface area contributed by atoms with Crippen LogP contribution in [0.3, 0.4) is 0 Å². The van der Waals surface area contributed by atoms with E-state index in [0.717, 1.165) is 93.5 Å². The Morgan fingerprint density at radius 3 is 1.67 bits per heavy atom. The van der Waals surface area contributed by atoms with Crippen molar-refractivity contribution in [3.8, 4) is 45.5 Å². The number of hydrogen-bond donors (Lipinski definition) is 0. The van der Waals surface area contributed by atoms with Crippen LogP contribution in [0, 0.1) is 0 Å². The van der Waals surface area contributed by atoms with Crippen LogP contribution >= 0.6 is 0 Å². The van der Waals surface area contributed by atoms with Gasteiger partial charge >= 0.3 is 0 Å². The first kappa shape index (κ1) is 31.5. The summed E-state index contributed by atoms with van der Waals surface area (Å²) in [6.45, 7) is 0. The maximum Gasteiger partial charge on any atom is 0.238 e. The van der Waals surface area contributed by atoms with Gasteiger partial charge in [0.15, 0.2) is 17.2 Å². The number of rotatable bonds is 5. The third-order valence-corrected chi connectivity index (χ3v) is 11.2. The molecule has 0 N–H and O–H groups in total. The molecule has 6 heteroatoms. The predicted octanol–water partition coefficient (Wildman–Crippen LogP) is 13.0. The Kier molecular flexibility index (Phi) is 6.83. The highest BCUT2D eigenvalue weighted by molar-refractivity contribution is 6.26. The molecule has 0 aliphatic carbocycles. The van der Waals surface area contributed by atoms with E-state index < -0.39 is 0 Å². The summed E-state index contributed by atoms with van der Waals surface area (Å²) in [7, 11) is 0. The topological polar surface area (TPSA) is 61.7 Å². The second-order valence-corrected chi connectivity index (χ2v) is 14.4. The molecule has 6 nitrogen and oxygen atoms in total. The summed E-state index contributed by atoms with van der Waals surface area (Å²) < 4.78 is 11.2. The molecule has 4 heterocycles. The van der Waals surface area contributed by atoms with Gasteiger partial charge in [-0.3, -0.25) is 4.57 Å². The minimum Gasteiger partial charge on any atom is -0.454 e. The van der Waals surface area contributed by atoms with Crippen LogP contribution in [0.15, 0.2) is 192 Å². The lowest BCUT2D eigenvalue weighted by molar-refractivity contribution is 0.666. The molecule has 12 aromatic rings. The SMILES string of the molecule is c1ccc(-c2ccc(-c3nc(-c4ccccc4)nc(-n4c5ccccc5c5ccc6c(c7ccccc7n6-c6cccc7c6oc6ccccc67)c54)n3)cc2)cc1. The van der Waals surface area contributed by atoms with Gasteiger partial charge in [0.25, 0.3) is 0 Å². The number of benzene rings is 8. The van der Waals surface area contributed by atoms with Crippen molar-refractivity contribution in [1.29, 1.82) is 0 Å². The van der Waals surface area contributed by atoms with Gasteiger partial charge in [-0.05, 0) is 41.5 Å². The summed E-state index contributed by atoms with van der Waals surface area (Å²) >= 11 is 0. The number of nitrogens with zero attached hydrogens (tertiary/aromatic N) is 5. The van der Waals surface area contributed by atoms with Crippen molar-refractivity contribution in [3.05, 3.63) is 188 Å². The van der Waals surface area contributed by atoms with Crippen molar-refractivity contribution in [1.82, 2.24) is 24.1 Å². The molecule has 0 bridgehead atoms. The lowest BCUT2D eigenvalue weighted by Crippen LogP contribution is -2.06. The zero-order valence-corrected chi connectivity index (χ0v) is 30.5. The number of furan rings is 1. The Labute approximate surface area is 326 Å². The molecule has 0 spiro atoms. The van der Waals surface area contributed by atoms with E-state index in [2.05, 4.69) is 161 Å². The van der Waals surface area contributed by atoms with Gasteiger partial charge in [-0.2, -0.15) is 9.97 Å². The molecule has 0 amide bonds. The van der Waals surface area contributed by atoms with Crippen LogP contribution in [0.2, 0.25) is 0 Å². The van der Waals surface area contributed by atoms with Gasteiger partial charge in [-0.15, -0.1) is 0 Å². The highest BCUT2D eigenvalue weighted by Gasteiger charge is 2.24. The zero-order valence-electron chi connectivity index (χ0n) is 30.5. The zero-order chi connectivity index (χ0) is 37.5. The first-order valence-electron chi connectivity index (χ1n) is 19.1. The average Bonchev–Trinajstić information content (AvgIpc) is 3.95. The van der Waals surface area contributed by atoms with E-state index >= 15 is 0 Å². The van der Waals surface area contributed by atoms with E-state index in [9.17, 15) is 0 Å². The maximum absolute atomic E-state index is 6.62. The summed E-state index contributed by atoms with van der Waals surface area (Å²) in [5.74, 6) is 1.77. The molecule has 0 saturated heterocycles. The lowest BCUT2D eigenvalue weighted by Gasteiger charge is -2.12. The molecule has 0 fully saturated rings. The molecule has 0 unspecified atom stereocenters. The largest absolute Gasteiger partial charge is 0.454 e. The van der Waals surface area contributed by atoms with E-state index in [1.807, 2.05) is 36.4 Å². The summed E-state index contributed by atoms with van der Waals surface area (Å²) in [6.07, 6.45) is 0. The van der Waals surface area contributed by atoms with Gasteiger partial charge in [0.2, 0.25) is 5.95 Å². The molecule has 0 radical (unpaired) electrons. The van der Waals surface area contributed by atoms with Gasteiger partial charge in [0.1, 0.15) is 5.58 Å². The lowest BCUT2D eigenvalue weighted by atomic mass is 10.0. The summed E-state index contributed by atoms with van der Waals surface area (Å²) in [6, 6.07) is 65.4. The molecule has 0 aliphatic rings. The summed E-state index contributed by atoms with van der Waals surface area (Å²) in [5, 5.41) is 6.69. The van der Waals surface area contributed by atoms with Crippen molar-refractivity contribution in [3.63, 3.8) is 0 Å².